The fraction of sp³-hybridized carbons (Fsp3) is 0.462. The van der Waals surface area contributed by atoms with Crippen LogP contribution in [0.1, 0.15) is 29.9 Å². The Bertz CT molecular complexity index is 552. The first-order valence-corrected chi connectivity index (χ1v) is 6.25. The van der Waals surface area contributed by atoms with Gasteiger partial charge in [-0.05, 0) is 13.5 Å². The van der Waals surface area contributed by atoms with Crippen LogP contribution in [0.4, 0.5) is 0 Å². The molecule has 0 aromatic carbocycles. The molecule has 2 aromatic rings. The van der Waals surface area contributed by atoms with Crippen LogP contribution in [0.2, 0.25) is 0 Å². The zero-order chi connectivity index (χ0) is 13.8. The molecule has 0 bridgehead atoms. The molecule has 0 aliphatic rings. The van der Waals surface area contributed by atoms with Gasteiger partial charge in [0.05, 0.1) is 19.3 Å². The minimum Gasteiger partial charge on any atom is -0.480 e. The zero-order valence-electron chi connectivity index (χ0n) is 11.7. The van der Waals surface area contributed by atoms with Gasteiger partial charge in [-0.25, -0.2) is 4.98 Å². The molecule has 102 valence electrons. The van der Waals surface area contributed by atoms with E-state index in [9.17, 15) is 0 Å². The molecule has 0 aliphatic heterocycles. The number of aromatic nitrogens is 4. The standard InChI is InChI=1S/C13H19N5O/c1-5-14-11(10-8-17-18(3)9(10)2)12-13(19-4)16-7-6-15-12/h6-8,11,14H,5H2,1-4H3. The van der Waals surface area contributed by atoms with Gasteiger partial charge in [-0.15, -0.1) is 0 Å². The maximum atomic E-state index is 5.30. The highest BCUT2D eigenvalue weighted by molar-refractivity contribution is 5.33. The molecule has 0 fully saturated rings. The number of ether oxygens (including phenoxy) is 1. The van der Waals surface area contributed by atoms with Gasteiger partial charge in [0.2, 0.25) is 5.88 Å². The Morgan fingerprint density at radius 1 is 1.37 bits per heavy atom. The lowest BCUT2D eigenvalue weighted by atomic mass is 10.0. The minimum atomic E-state index is -0.0673. The highest BCUT2D eigenvalue weighted by Gasteiger charge is 2.23. The van der Waals surface area contributed by atoms with E-state index >= 15 is 0 Å². The lowest BCUT2D eigenvalue weighted by Gasteiger charge is -2.18. The molecule has 2 rings (SSSR count). The van der Waals surface area contributed by atoms with Crippen molar-refractivity contribution in [1.82, 2.24) is 25.1 Å². The lowest BCUT2D eigenvalue weighted by molar-refractivity contribution is 0.383. The molecule has 0 saturated heterocycles. The summed E-state index contributed by atoms with van der Waals surface area (Å²) in [4.78, 5) is 8.62. The number of nitrogens with one attached hydrogen (secondary N) is 1. The smallest absolute Gasteiger partial charge is 0.237 e. The van der Waals surface area contributed by atoms with E-state index in [1.807, 2.05) is 24.9 Å². The van der Waals surface area contributed by atoms with E-state index in [4.69, 9.17) is 4.74 Å². The van der Waals surface area contributed by atoms with Crippen LogP contribution in [0.25, 0.3) is 0 Å². The van der Waals surface area contributed by atoms with Crippen LogP contribution < -0.4 is 10.1 Å². The van der Waals surface area contributed by atoms with Crippen LogP contribution in [0, 0.1) is 6.92 Å². The second-order valence-corrected chi connectivity index (χ2v) is 4.25. The summed E-state index contributed by atoms with van der Waals surface area (Å²) in [5, 5.41) is 7.70. The summed E-state index contributed by atoms with van der Waals surface area (Å²) in [5.41, 5.74) is 2.96. The molecule has 0 aliphatic carbocycles. The van der Waals surface area contributed by atoms with Crippen molar-refractivity contribution >= 4 is 0 Å². The monoisotopic (exact) mass is 261 g/mol. The van der Waals surface area contributed by atoms with E-state index in [0.29, 0.717) is 5.88 Å². The Morgan fingerprint density at radius 3 is 2.68 bits per heavy atom. The molecule has 0 radical (unpaired) electrons. The van der Waals surface area contributed by atoms with Gasteiger partial charge in [0.15, 0.2) is 0 Å². The first kappa shape index (κ1) is 13.5. The highest BCUT2D eigenvalue weighted by Crippen LogP contribution is 2.27. The molecular formula is C13H19N5O. The van der Waals surface area contributed by atoms with Gasteiger partial charge < -0.3 is 10.1 Å². The molecule has 0 amide bonds. The van der Waals surface area contributed by atoms with Crippen molar-refractivity contribution in [3.63, 3.8) is 0 Å². The minimum absolute atomic E-state index is 0.0673. The first-order valence-electron chi connectivity index (χ1n) is 6.25. The summed E-state index contributed by atoms with van der Waals surface area (Å²) in [5.74, 6) is 0.539. The molecular weight excluding hydrogens is 242 g/mol. The van der Waals surface area contributed by atoms with E-state index in [2.05, 4.69) is 27.3 Å². The maximum absolute atomic E-state index is 5.30. The van der Waals surface area contributed by atoms with Crippen LogP contribution in [-0.4, -0.2) is 33.4 Å². The largest absolute Gasteiger partial charge is 0.480 e. The van der Waals surface area contributed by atoms with Crippen LogP contribution in [-0.2, 0) is 7.05 Å². The van der Waals surface area contributed by atoms with Gasteiger partial charge in [0, 0.05) is 30.7 Å². The second kappa shape index (κ2) is 5.79. The maximum Gasteiger partial charge on any atom is 0.237 e. The van der Waals surface area contributed by atoms with Crippen molar-refractivity contribution < 1.29 is 4.74 Å². The van der Waals surface area contributed by atoms with Gasteiger partial charge >= 0.3 is 0 Å². The molecule has 1 N–H and O–H groups in total. The van der Waals surface area contributed by atoms with Crippen LogP contribution >= 0.6 is 0 Å². The van der Waals surface area contributed by atoms with Crippen molar-refractivity contribution in [2.75, 3.05) is 13.7 Å². The van der Waals surface area contributed by atoms with Gasteiger partial charge in [0.1, 0.15) is 5.69 Å². The summed E-state index contributed by atoms with van der Waals surface area (Å²) < 4.78 is 7.15. The Morgan fingerprint density at radius 2 is 2.11 bits per heavy atom. The van der Waals surface area contributed by atoms with E-state index in [-0.39, 0.29) is 6.04 Å². The normalized spacial score (nSPS) is 12.4. The Labute approximate surface area is 112 Å². The molecule has 0 spiro atoms. The van der Waals surface area contributed by atoms with Crippen molar-refractivity contribution in [3.05, 3.63) is 35.5 Å². The highest BCUT2D eigenvalue weighted by atomic mass is 16.5. The van der Waals surface area contributed by atoms with Crippen LogP contribution in [0.3, 0.4) is 0 Å². The summed E-state index contributed by atoms with van der Waals surface area (Å²) in [6, 6.07) is -0.0673. The molecule has 6 nitrogen and oxygen atoms in total. The fourth-order valence-electron chi connectivity index (χ4n) is 2.05. The third kappa shape index (κ3) is 2.58. The molecule has 6 heteroatoms. The summed E-state index contributed by atoms with van der Waals surface area (Å²) >= 11 is 0. The molecule has 1 atom stereocenters. The molecule has 2 heterocycles. The van der Waals surface area contributed by atoms with Crippen molar-refractivity contribution in [2.24, 2.45) is 7.05 Å². The second-order valence-electron chi connectivity index (χ2n) is 4.25. The lowest BCUT2D eigenvalue weighted by Crippen LogP contribution is -2.24. The third-order valence-electron chi connectivity index (χ3n) is 3.15. The molecule has 0 saturated carbocycles. The van der Waals surface area contributed by atoms with E-state index < -0.39 is 0 Å². The Balaban J connectivity index is 2.48. The SMILES string of the molecule is CCNC(c1cnn(C)c1C)c1nccnc1OC. The molecule has 1 unspecified atom stereocenters. The predicted octanol–water partition coefficient (Wildman–Crippen LogP) is 1.23. The quantitative estimate of drug-likeness (QED) is 0.877. The number of methoxy groups -OCH3 is 1. The average molecular weight is 261 g/mol. The van der Waals surface area contributed by atoms with Crippen molar-refractivity contribution in [3.8, 4) is 5.88 Å². The number of rotatable bonds is 5. The first-order chi connectivity index (χ1) is 9.19. The van der Waals surface area contributed by atoms with Crippen LogP contribution in [0.5, 0.6) is 5.88 Å². The van der Waals surface area contributed by atoms with Crippen molar-refractivity contribution in [1.29, 1.82) is 0 Å². The Hall–Kier alpha value is -1.95. The molecule has 2 aromatic heterocycles. The third-order valence-corrected chi connectivity index (χ3v) is 3.15. The molecule has 19 heavy (non-hydrogen) atoms. The van der Waals surface area contributed by atoms with Gasteiger partial charge in [-0.2, -0.15) is 5.10 Å². The Kier molecular flexibility index (Phi) is 4.11. The fourth-order valence-corrected chi connectivity index (χ4v) is 2.05. The number of nitrogens with zero attached hydrogens (tertiary/aromatic N) is 4. The number of hydrogen-bond donors (Lipinski definition) is 1. The van der Waals surface area contributed by atoms with Gasteiger partial charge in [-0.3, -0.25) is 9.67 Å². The van der Waals surface area contributed by atoms with E-state index in [1.54, 1.807) is 19.5 Å². The predicted molar refractivity (Wildman–Crippen MR) is 72.0 cm³/mol. The number of aryl methyl sites for hydroxylation is 1. The summed E-state index contributed by atoms with van der Waals surface area (Å²) in [6.07, 6.45) is 5.16. The summed E-state index contributed by atoms with van der Waals surface area (Å²) in [7, 11) is 3.53. The zero-order valence-corrected chi connectivity index (χ0v) is 11.7. The van der Waals surface area contributed by atoms with E-state index in [0.717, 1.165) is 23.5 Å². The topological polar surface area (TPSA) is 64.9 Å². The number of hydrogen-bond acceptors (Lipinski definition) is 5. The summed E-state index contributed by atoms with van der Waals surface area (Å²) in [6.45, 7) is 4.91. The average Bonchev–Trinajstić information content (AvgIpc) is 2.76. The van der Waals surface area contributed by atoms with Gasteiger partial charge in [0.25, 0.3) is 0 Å². The van der Waals surface area contributed by atoms with Crippen LogP contribution in [0.15, 0.2) is 18.6 Å². The van der Waals surface area contributed by atoms with Gasteiger partial charge in [-0.1, -0.05) is 6.92 Å². The van der Waals surface area contributed by atoms with E-state index in [1.165, 1.54) is 0 Å². The van der Waals surface area contributed by atoms with Crippen molar-refractivity contribution in [2.45, 2.75) is 19.9 Å².